The minimum absolute atomic E-state index is 0.0112. The SMILES string of the molecule is CCCN(CCC[N+](C)(C)C)S(=O)(=O)C(F)(F)C(F)(F)C(F)(F)C(F)(F)C(F)(F)C(F)(F)C(F)(F)C(F)(F)F. The highest BCUT2D eigenvalue weighted by atomic mass is 32.2. The van der Waals surface area contributed by atoms with E-state index in [0.29, 0.717) is 0 Å². The Morgan fingerprint density at radius 1 is 0.564 bits per heavy atom. The van der Waals surface area contributed by atoms with Gasteiger partial charge in [0.2, 0.25) is 0 Å². The molecule has 0 amide bonds. The summed E-state index contributed by atoms with van der Waals surface area (Å²) in [5, 5.41) is -7.52. The fourth-order valence-corrected chi connectivity index (χ4v) is 4.37. The summed E-state index contributed by atoms with van der Waals surface area (Å²) < 4.78 is 252. The molecule has 0 heterocycles. The summed E-state index contributed by atoms with van der Waals surface area (Å²) in [7, 11) is -2.86. The van der Waals surface area contributed by atoms with Crippen LogP contribution in [-0.4, -0.2) is 105 Å². The third-order valence-corrected chi connectivity index (χ3v) is 7.02. The van der Waals surface area contributed by atoms with Crippen molar-refractivity contribution < 1.29 is 87.5 Å². The third-order valence-electron chi connectivity index (χ3n) is 5.07. The topological polar surface area (TPSA) is 37.4 Å². The molecule has 0 spiro atoms. The van der Waals surface area contributed by atoms with Crippen molar-refractivity contribution in [2.24, 2.45) is 0 Å². The van der Waals surface area contributed by atoms with Crippen molar-refractivity contribution in [1.82, 2.24) is 4.31 Å². The Labute approximate surface area is 210 Å². The van der Waals surface area contributed by atoms with E-state index in [1.807, 2.05) is 0 Å². The predicted octanol–water partition coefficient (Wildman–Crippen LogP) is 6.09. The predicted molar refractivity (Wildman–Crippen MR) is 99.0 cm³/mol. The summed E-state index contributed by atoms with van der Waals surface area (Å²) in [6.45, 7) is -1.39. The van der Waals surface area contributed by atoms with Crippen LogP contribution in [0.15, 0.2) is 0 Å². The zero-order chi connectivity index (χ0) is 32.1. The van der Waals surface area contributed by atoms with E-state index >= 15 is 0 Å². The van der Waals surface area contributed by atoms with Crippen LogP contribution in [0.3, 0.4) is 0 Å². The molecule has 0 aliphatic rings. The van der Waals surface area contributed by atoms with Crippen molar-refractivity contribution in [3.8, 4) is 0 Å². The molecule has 236 valence electrons. The van der Waals surface area contributed by atoms with Crippen LogP contribution >= 0.6 is 0 Å². The molecule has 0 fully saturated rings. The Kier molecular flexibility index (Phi) is 10.1. The first-order valence-electron chi connectivity index (χ1n) is 10.2. The Hall–Kier alpha value is -1.32. The summed E-state index contributed by atoms with van der Waals surface area (Å²) in [6, 6.07) is 0. The highest BCUT2D eigenvalue weighted by molar-refractivity contribution is 7.90. The Bertz CT molecular complexity index is 955. The van der Waals surface area contributed by atoms with E-state index in [9.17, 15) is 83.1 Å². The van der Waals surface area contributed by atoms with Crippen molar-refractivity contribution in [1.29, 1.82) is 0 Å². The number of hydrogen-bond acceptors (Lipinski definition) is 2. The molecule has 0 atom stereocenters. The van der Waals surface area contributed by atoms with E-state index in [0.717, 1.165) is 6.92 Å². The lowest BCUT2D eigenvalue weighted by Crippen LogP contribution is -2.75. The monoisotopic (exact) mass is 641 g/mol. The molecule has 39 heavy (non-hydrogen) atoms. The highest BCUT2D eigenvalue weighted by Gasteiger charge is 2.96. The number of hydrogen-bond donors (Lipinski definition) is 0. The van der Waals surface area contributed by atoms with Gasteiger partial charge < -0.3 is 4.48 Å². The molecule has 0 aromatic heterocycles. The standard InChI is InChI=1S/C17H22F17N2O2S/c1-5-7-35(8-6-9-36(2,3)4)39(37,38)17(33,34)15(28,29)13(24,25)11(20,21)10(18,19)12(22,23)14(26,27)16(30,31)32/h5-9H2,1-4H3/q+1. The largest absolute Gasteiger partial charge is 0.460 e. The Morgan fingerprint density at radius 3 is 1.21 bits per heavy atom. The van der Waals surface area contributed by atoms with Gasteiger partial charge in [0.15, 0.2) is 0 Å². The van der Waals surface area contributed by atoms with Crippen molar-refractivity contribution in [3.63, 3.8) is 0 Å². The first-order valence-corrected chi connectivity index (χ1v) is 11.6. The van der Waals surface area contributed by atoms with Gasteiger partial charge in [0, 0.05) is 19.5 Å². The molecule has 0 unspecified atom stereocenters. The average molecular weight is 641 g/mol. The van der Waals surface area contributed by atoms with Crippen molar-refractivity contribution in [2.45, 2.75) is 66.7 Å². The summed E-state index contributed by atoms with van der Waals surface area (Å²) >= 11 is 0. The van der Waals surface area contributed by atoms with Crippen LogP contribution in [0.5, 0.6) is 0 Å². The number of sulfonamides is 1. The van der Waals surface area contributed by atoms with Gasteiger partial charge in [-0.1, -0.05) is 6.92 Å². The minimum atomic E-state index is -8.83. The quantitative estimate of drug-likeness (QED) is 0.170. The summed E-state index contributed by atoms with van der Waals surface area (Å²) in [4.78, 5) is 0. The second-order valence-corrected chi connectivity index (χ2v) is 11.2. The van der Waals surface area contributed by atoms with Crippen molar-refractivity contribution in [3.05, 3.63) is 0 Å². The van der Waals surface area contributed by atoms with Crippen LogP contribution in [0.25, 0.3) is 0 Å². The fraction of sp³-hybridized carbons (Fsp3) is 1.00. The van der Waals surface area contributed by atoms with Crippen molar-refractivity contribution in [2.75, 3.05) is 40.8 Å². The lowest BCUT2D eigenvalue weighted by atomic mass is 9.91. The second-order valence-electron chi connectivity index (χ2n) is 9.23. The van der Waals surface area contributed by atoms with Gasteiger partial charge in [0.25, 0.3) is 10.0 Å². The van der Waals surface area contributed by atoms with Gasteiger partial charge in [-0.2, -0.15) is 78.9 Å². The van der Waals surface area contributed by atoms with E-state index in [1.165, 1.54) is 21.1 Å². The summed E-state index contributed by atoms with van der Waals surface area (Å²) in [5.74, 6) is -51.6. The van der Waals surface area contributed by atoms with E-state index in [2.05, 4.69) is 0 Å². The van der Waals surface area contributed by atoms with Gasteiger partial charge in [0.1, 0.15) is 0 Å². The third kappa shape index (κ3) is 5.87. The zero-order valence-electron chi connectivity index (χ0n) is 20.1. The maximum atomic E-state index is 14.4. The van der Waals surface area contributed by atoms with Crippen LogP contribution in [-0.2, 0) is 10.0 Å². The van der Waals surface area contributed by atoms with Crippen molar-refractivity contribution >= 4 is 10.0 Å². The smallest absolute Gasteiger partial charge is 0.331 e. The number of nitrogens with zero attached hydrogens (tertiary/aromatic N) is 2. The van der Waals surface area contributed by atoms with Crippen LogP contribution in [0.2, 0.25) is 0 Å². The van der Waals surface area contributed by atoms with Gasteiger partial charge in [-0.15, -0.1) is 0 Å². The number of halogens is 17. The molecule has 0 N–H and O–H groups in total. The Morgan fingerprint density at radius 2 is 0.897 bits per heavy atom. The van der Waals surface area contributed by atoms with E-state index in [4.69, 9.17) is 0 Å². The Balaban J connectivity index is 6.89. The maximum Gasteiger partial charge on any atom is 0.460 e. The summed E-state index contributed by atoms with van der Waals surface area (Å²) in [5.41, 5.74) is 0. The van der Waals surface area contributed by atoms with E-state index in [-0.39, 0.29) is 11.0 Å². The molecule has 0 radical (unpaired) electrons. The first kappa shape index (κ1) is 37.7. The molecule has 0 rings (SSSR count). The first-order chi connectivity index (χ1) is 16.7. The van der Waals surface area contributed by atoms with Gasteiger partial charge in [-0.3, -0.25) is 0 Å². The van der Waals surface area contributed by atoms with E-state index in [1.54, 1.807) is 0 Å². The fourth-order valence-electron chi connectivity index (χ4n) is 2.80. The molecule has 0 saturated heterocycles. The van der Waals surface area contributed by atoms with Crippen LogP contribution in [0.1, 0.15) is 19.8 Å². The number of quaternary nitrogens is 1. The molecule has 0 aromatic rings. The normalized spacial score (nSPS) is 16.3. The van der Waals surface area contributed by atoms with Gasteiger partial charge in [-0.05, 0) is 6.42 Å². The molecule has 0 aromatic carbocycles. The van der Waals surface area contributed by atoms with Gasteiger partial charge in [0.05, 0.1) is 27.7 Å². The molecular formula is C17H22F17N2O2S+. The van der Waals surface area contributed by atoms with Crippen LogP contribution < -0.4 is 0 Å². The summed E-state index contributed by atoms with van der Waals surface area (Å²) in [6.07, 6.45) is -8.84. The number of alkyl halides is 17. The van der Waals surface area contributed by atoms with E-state index < -0.39 is 87.2 Å². The highest BCUT2D eigenvalue weighted by Crippen LogP contribution is 2.64. The number of rotatable bonds is 14. The molecule has 0 bridgehead atoms. The molecule has 0 aliphatic heterocycles. The molecule has 0 saturated carbocycles. The lowest BCUT2D eigenvalue weighted by Gasteiger charge is -2.43. The minimum Gasteiger partial charge on any atom is -0.331 e. The average Bonchev–Trinajstić information content (AvgIpc) is 2.70. The second kappa shape index (κ2) is 10.5. The molecular weight excluding hydrogens is 619 g/mol. The van der Waals surface area contributed by atoms with Crippen LogP contribution in [0, 0.1) is 0 Å². The van der Waals surface area contributed by atoms with Gasteiger partial charge in [-0.25, -0.2) is 8.42 Å². The van der Waals surface area contributed by atoms with Crippen LogP contribution in [0.4, 0.5) is 74.6 Å². The lowest BCUT2D eigenvalue weighted by molar-refractivity contribution is -0.870. The maximum absolute atomic E-state index is 14.4. The molecule has 0 aliphatic carbocycles. The zero-order valence-corrected chi connectivity index (χ0v) is 20.9. The molecule has 22 heteroatoms. The van der Waals surface area contributed by atoms with Gasteiger partial charge >= 0.3 is 47.0 Å². The molecule has 4 nitrogen and oxygen atoms in total.